The van der Waals surface area contributed by atoms with Gasteiger partial charge in [-0.2, -0.15) is 0 Å². The molecule has 116 valence electrons. The second-order valence-corrected chi connectivity index (χ2v) is 6.60. The Kier molecular flexibility index (Phi) is 3.73. The molecule has 0 unspecified atom stereocenters. The van der Waals surface area contributed by atoms with Crippen molar-refractivity contribution in [3.63, 3.8) is 0 Å². The minimum atomic E-state index is 0.226. The maximum absolute atomic E-state index is 5.67. The summed E-state index contributed by atoms with van der Waals surface area (Å²) in [6.45, 7) is 5.60. The van der Waals surface area contributed by atoms with Gasteiger partial charge in [0.2, 0.25) is 6.79 Å². The molecule has 5 nitrogen and oxygen atoms in total. The van der Waals surface area contributed by atoms with Crippen LogP contribution >= 0.6 is 11.3 Å². The van der Waals surface area contributed by atoms with Gasteiger partial charge in [-0.25, -0.2) is 4.98 Å². The highest BCUT2D eigenvalue weighted by Crippen LogP contribution is 2.34. The zero-order valence-corrected chi connectivity index (χ0v) is 13.3. The predicted molar refractivity (Wildman–Crippen MR) is 83.4 cm³/mol. The third-order valence-electron chi connectivity index (χ3n) is 4.04. The summed E-state index contributed by atoms with van der Waals surface area (Å²) in [5, 5.41) is 3.24. The van der Waals surface area contributed by atoms with E-state index in [4.69, 9.17) is 14.2 Å². The van der Waals surface area contributed by atoms with Crippen molar-refractivity contribution in [3.8, 4) is 11.5 Å². The van der Waals surface area contributed by atoms with Crippen molar-refractivity contribution in [2.24, 2.45) is 0 Å². The first-order valence-corrected chi connectivity index (χ1v) is 8.30. The Hall–Kier alpha value is -1.63. The molecule has 4 rings (SSSR count). The zero-order chi connectivity index (χ0) is 14.9. The summed E-state index contributed by atoms with van der Waals surface area (Å²) >= 11 is 1.69. The van der Waals surface area contributed by atoms with Gasteiger partial charge in [-0.3, -0.25) is 4.90 Å². The first kappa shape index (κ1) is 14.0. The lowest BCUT2D eigenvalue weighted by Crippen LogP contribution is -2.39. The highest BCUT2D eigenvalue weighted by atomic mass is 32.1. The molecule has 6 heteroatoms. The first-order valence-electron chi connectivity index (χ1n) is 7.42. The van der Waals surface area contributed by atoms with E-state index < -0.39 is 0 Å². The number of rotatable bonds is 3. The molecule has 1 fully saturated rings. The number of morpholine rings is 1. The fourth-order valence-electron chi connectivity index (χ4n) is 2.91. The maximum atomic E-state index is 5.67. The number of aromatic nitrogens is 1. The highest BCUT2D eigenvalue weighted by Gasteiger charge is 2.27. The van der Waals surface area contributed by atoms with Crippen molar-refractivity contribution in [2.75, 3.05) is 26.6 Å². The van der Waals surface area contributed by atoms with Gasteiger partial charge in [0.25, 0.3) is 0 Å². The van der Waals surface area contributed by atoms with E-state index in [-0.39, 0.29) is 6.04 Å². The van der Waals surface area contributed by atoms with Crippen LogP contribution in [0.5, 0.6) is 11.5 Å². The summed E-state index contributed by atoms with van der Waals surface area (Å²) < 4.78 is 16.5. The molecule has 0 radical (unpaired) electrons. The normalized spacial score (nSPS) is 21.2. The smallest absolute Gasteiger partial charge is 0.231 e. The Morgan fingerprint density at radius 1 is 1.32 bits per heavy atom. The lowest BCUT2D eigenvalue weighted by Gasteiger charge is -2.34. The van der Waals surface area contributed by atoms with Crippen LogP contribution in [0.1, 0.15) is 22.3 Å². The van der Waals surface area contributed by atoms with E-state index in [1.165, 1.54) is 5.56 Å². The molecular weight excluding hydrogens is 300 g/mol. The second-order valence-electron chi connectivity index (χ2n) is 5.54. The van der Waals surface area contributed by atoms with Gasteiger partial charge in [0, 0.05) is 18.5 Å². The fraction of sp³-hybridized carbons (Fsp3) is 0.438. The summed E-state index contributed by atoms with van der Waals surface area (Å²) in [6, 6.07) is 6.39. The molecule has 2 aliphatic heterocycles. The van der Waals surface area contributed by atoms with Crippen molar-refractivity contribution < 1.29 is 14.2 Å². The van der Waals surface area contributed by atoms with Crippen LogP contribution in [0.3, 0.4) is 0 Å². The molecule has 0 bridgehead atoms. The van der Waals surface area contributed by atoms with E-state index in [1.807, 2.05) is 13.0 Å². The monoisotopic (exact) mass is 318 g/mol. The topological polar surface area (TPSA) is 43.8 Å². The van der Waals surface area contributed by atoms with E-state index in [0.29, 0.717) is 13.4 Å². The van der Waals surface area contributed by atoms with Gasteiger partial charge >= 0.3 is 0 Å². The summed E-state index contributed by atoms with van der Waals surface area (Å²) in [7, 11) is 0. The highest BCUT2D eigenvalue weighted by molar-refractivity contribution is 7.09. The van der Waals surface area contributed by atoms with E-state index in [9.17, 15) is 0 Å². The van der Waals surface area contributed by atoms with Gasteiger partial charge in [0.15, 0.2) is 11.5 Å². The van der Waals surface area contributed by atoms with Crippen LogP contribution in [0, 0.1) is 6.92 Å². The number of fused-ring (bicyclic) bond motifs is 1. The number of benzene rings is 1. The number of ether oxygens (including phenoxy) is 3. The zero-order valence-electron chi connectivity index (χ0n) is 12.4. The molecule has 2 aromatic rings. The Morgan fingerprint density at radius 3 is 3.09 bits per heavy atom. The minimum Gasteiger partial charge on any atom is -0.454 e. The Labute approximate surface area is 133 Å². The van der Waals surface area contributed by atoms with Crippen LogP contribution in [0.4, 0.5) is 0 Å². The molecule has 0 N–H and O–H groups in total. The Balaban J connectivity index is 1.54. The Morgan fingerprint density at radius 2 is 2.23 bits per heavy atom. The van der Waals surface area contributed by atoms with Crippen molar-refractivity contribution in [2.45, 2.75) is 19.5 Å². The van der Waals surface area contributed by atoms with Crippen LogP contribution < -0.4 is 9.47 Å². The fourth-order valence-corrected chi connectivity index (χ4v) is 3.57. The predicted octanol–water partition coefficient (Wildman–Crippen LogP) is 2.75. The van der Waals surface area contributed by atoms with Gasteiger partial charge < -0.3 is 14.2 Å². The quantitative estimate of drug-likeness (QED) is 0.870. The number of nitrogens with zero attached hydrogens (tertiary/aromatic N) is 2. The summed E-state index contributed by atoms with van der Waals surface area (Å²) in [5.74, 6) is 1.67. The number of hydrogen-bond acceptors (Lipinski definition) is 6. The molecular formula is C16H18N2O3S. The number of aryl methyl sites for hydroxylation is 1. The lowest BCUT2D eigenvalue weighted by molar-refractivity contribution is -0.0140. The molecule has 1 saturated heterocycles. The standard InChI is InChI=1S/C16H18N2O3S/c1-11-17-13(9-22-11)14-8-19-5-4-18(14)7-12-2-3-15-16(6-12)21-10-20-15/h2-3,6,9,14H,4-5,7-8,10H2,1H3/t14-/m0/s1. The van der Waals surface area contributed by atoms with Gasteiger partial charge in [-0.15, -0.1) is 11.3 Å². The average molecular weight is 318 g/mol. The maximum Gasteiger partial charge on any atom is 0.231 e. The molecule has 1 aromatic heterocycles. The van der Waals surface area contributed by atoms with Crippen LogP contribution in [0.15, 0.2) is 23.6 Å². The van der Waals surface area contributed by atoms with Crippen LogP contribution in [-0.2, 0) is 11.3 Å². The number of hydrogen-bond donors (Lipinski definition) is 0. The molecule has 0 spiro atoms. The van der Waals surface area contributed by atoms with Gasteiger partial charge in [-0.1, -0.05) is 6.07 Å². The third-order valence-corrected chi connectivity index (χ3v) is 4.83. The van der Waals surface area contributed by atoms with Crippen LogP contribution in [0.2, 0.25) is 0 Å². The second kappa shape index (κ2) is 5.87. The SMILES string of the molecule is Cc1nc([C@@H]2COCCN2Cc2ccc3c(c2)OCO3)cs1. The summed E-state index contributed by atoms with van der Waals surface area (Å²) in [5.41, 5.74) is 2.34. The largest absolute Gasteiger partial charge is 0.454 e. The summed E-state index contributed by atoms with van der Waals surface area (Å²) in [6.07, 6.45) is 0. The minimum absolute atomic E-state index is 0.226. The molecule has 0 saturated carbocycles. The molecule has 1 aromatic carbocycles. The van der Waals surface area contributed by atoms with E-state index in [0.717, 1.165) is 41.9 Å². The third kappa shape index (κ3) is 2.69. The lowest BCUT2D eigenvalue weighted by atomic mass is 10.1. The molecule has 0 aliphatic carbocycles. The van der Waals surface area contributed by atoms with Gasteiger partial charge in [0.05, 0.1) is 30.0 Å². The first-order chi connectivity index (χ1) is 10.8. The number of thiazole rings is 1. The molecule has 3 heterocycles. The van der Waals surface area contributed by atoms with Gasteiger partial charge in [-0.05, 0) is 24.6 Å². The Bertz CT molecular complexity index is 673. The summed E-state index contributed by atoms with van der Waals surface area (Å²) in [4.78, 5) is 7.06. The van der Waals surface area contributed by atoms with Crippen molar-refractivity contribution in [1.82, 2.24) is 9.88 Å². The molecule has 1 atom stereocenters. The van der Waals surface area contributed by atoms with Gasteiger partial charge in [0.1, 0.15) is 0 Å². The van der Waals surface area contributed by atoms with Crippen LogP contribution in [0.25, 0.3) is 0 Å². The average Bonchev–Trinajstić information content (AvgIpc) is 3.16. The van der Waals surface area contributed by atoms with Crippen LogP contribution in [-0.4, -0.2) is 36.4 Å². The van der Waals surface area contributed by atoms with E-state index in [2.05, 4.69) is 27.4 Å². The van der Waals surface area contributed by atoms with E-state index >= 15 is 0 Å². The molecule has 2 aliphatic rings. The van der Waals surface area contributed by atoms with Crippen molar-refractivity contribution in [3.05, 3.63) is 39.8 Å². The van der Waals surface area contributed by atoms with Crippen molar-refractivity contribution >= 4 is 11.3 Å². The van der Waals surface area contributed by atoms with E-state index in [1.54, 1.807) is 11.3 Å². The van der Waals surface area contributed by atoms with Crippen molar-refractivity contribution in [1.29, 1.82) is 0 Å². The molecule has 22 heavy (non-hydrogen) atoms. The molecule has 0 amide bonds.